The largest absolute Gasteiger partial charge is 0.508 e. The summed E-state index contributed by atoms with van der Waals surface area (Å²) in [5.41, 5.74) is 7.31. The van der Waals surface area contributed by atoms with Gasteiger partial charge in [-0.25, -0.2) is 15.1 Å². The van der Waals surface area contributed by atoms with Gasteiger partial charge >= 0.3 is 11.7 Å². The van der Waals surface area contributed by atoms with Crippen LogP contribution >= 0.6 is 0 Å². The second-order valence-electron chi connectivity index (χ2n) is 9.12. The Morgan fingerprint density at radius 1 is 1.19 bits per heavy atom. The highest BCUT2D eigenvalue weighted by atomic mass is 16.5. The van der Waals surface area contributed by atoms with Crippen molar-refractivity contribution in [2.75, 3.05) is 7.11 Å². The topological polar surface area (TPSA) is 164 Å². The van der Waals surface area contributed by atoms with Crippen LogP contribution in [-0.4, -0.2) is 34.2 Å². The van der Waals surface area contributed by atoms with Crippen molar-refractivity contribution in [1.82, 2.24) is 5.48 Å². The molecule has 0 fully saturated rings. The molecule has 0 atom stereocenters. The second-order valence-corrected chi connectivity index (χ2v) is 9.12. The molecule has 1 aliphatic heterocycles. The van der Waals surface area contributed by atoms with E-state index < -0.39 is 17.3 Å². The quantitative estimate of drug-likeness (QED) is 0.147. The molecule has 0 saturated carbocycles. The molecule has 10 heteroatoms. The predicted octanol–water partition coefficient (Wildman–Crippen LogP) is 4.62. The molecule has 0 spiro atoms. The molecule has 2 heterocycles. The molecule has 3 aromatic rings. The lowest BCUT2D eigenvalue weighted by Crippen LogP contribution is -2.28. The van der Waals surface area contributed by atoms with Gasteiger partial charge in [0.15, 0.2) is 5.58 Å². The fourth-order valence-corrected chi connectivity index (χ4v) is 3.89. The number of allylic oxidation sites excluding steroid dienone is 2. The molecule has 196 valence electrons. The van der Waals surface area contributed by atoms with E-state index in [1.807, 2.05) is 39.8 Å². The number of rotatable bonds is 4. The smallest absolute Gasteiger partial charge is 0.348 e. The van der Waals surface area contributed by atoms with Gasteiger partial charge in [0.05, 0.1) is 12.7 Å². The summed E-state index contributed by atoms with van der Waals surface area (Å²) in [7, 11) is 1.52. The first kappa shape index (κ1) is 27.2. The standard InChI is InChI=1S/C26H26O6.CH4N2O2/c1-14(2)6-11-17-22-18(12-13-26(3,4)32-22)24-20(23(17)30-5)21(28)19(25(29)31-24)15-7-9-16(27)10-8-15;2-1(4)3-5/h6-10,12-13,27-28H,11H2,1-5H3;5H,(H3,2,3,4). The summed E-state index contributed by atoms with van der Waals surface area (Å²) < 4.78 is 17.8. The Bertz CT molecular complexity index is 1450. The number of nitrogens with two attached hydrogens (primary N) is 1. The molecule has 2 aromatic carbocycles. The molecular weight excluding hydrogens is 480 g/mol. The average Bonchev–Trinajstić information content (AvgIpc) is 2.83. The van der Waals surface area contributed by atoms with E-state index in [-0.39, 0.29) is 22.6 Å². The molecule has 0 radical (unpaired) electrons. The Hall–Kier alpha value is -4.44. The van der Waals surface area contributed by atoms with Crippen molar-refractivity contribution < 1.29 is 34.1 Å². The maximum absolute atomic E-state index is 12.9. The Morgan fingerprint density at radius 2 is 1.81 bits per heavy atom. The molecule has 0 aliphatic carbocycles. The van der Waals surface area contributed by atoms with Gasteiger partial charge in [-0.1, -0.05) is 23.8 Å². The van der Waals surface area contributed by atoms with Crippen molar-refractivity contribution in [2.45, 2.75) is 39.7 Å². The van der Waals surface area contributed by atoms with E-state index in [1.54, 1.807) is 12.1 Å². The minimum Gasteiger partial charge on any atom is -0.508 e. The fraction of sp³-hybridized carbons (Fsp3) is 0.259. The molecule has 6 N–H and O–H groups in total. The minimum absolute atomic E-state index is 0.00458. The Labute approximate surface area is 213 Å². The summed E-state index contributed by atoms with van der Waals surface area (Å²) in [6.07, 6.45) is 6.31. The van der Waals surface area contributed by atoms with Gasteiger partial charge in [0.25, 0.3) is 0 Å². The third-order valence-electron chi connectivity index (χ3n) is 5.57. The van der Waals surface area contributed by atoms with Gasteiger partial charge in [0.2, 0.25) is 0 Å². The number of phenolic OH excluding ortho intramolecular Hbond substituents is 1. The lowest BCUT2D eigenvalue weighted by Gasteiger charge is -2.31. The predicted molar refractivity (Wildman–Crippen MR) is 139 cm³/mol. The maximum atomic E-state index is 12.9. The molecule has 2 amide bonds. The van der Waals surface area contributed by atoms with Crippen LogP contribution in [-0.2, 0) is 6.42 Å². The van der Waals surface area contributed by atoms with Gasteiger partial charge in [0.1, 0.15) is 39.5 Å². The number of ether oxygens (including phenoxy) is 2. The summed E-state index contributed by atoms with van der Waals surface area (Å²) in [5, 5.41) is 28.6. The van der Waals surface area contributed by atoms with Gasteiger partial charge in [-0.2, -0.15) is 0 Å². The monoisotopic (exact) mass is 510 g/mol. The number of hydrogen-bond acceptors (Lipinski definition) is 8. The second kappa shape index (κ2) is 10.7. The van der Waals surface area contributed by atoms with E-state index in [0.717, 1.165) is 11.1 Å². The van der Waals surface area contributed by atoms with E-state index in [0.29, 0.717) is 34.4 Å². The molecular formula is C27H30N2O8. The van der Waals surface area contributed by atoms with Crippen molar-refractivity contribution in [2.24, 2.45) is 5.73 Å². The van der Waals surface area contributed by atoms with E-state index in [1.165, 1.54) is 24.7 Å². The van der Waals surface area contributed by atoms with Crippen LogP contribution in [0.4, 0.5) is 4.79 Å². The number of carbonyl (C=O) groups is 1. The molecule has 37 heavy (non-hydrogen) atoms. The molecule has 0 bridgehead atoms. The number of aromatic hydroxyl groups is 2. The number of nitrogens with one attached hydrogen (secondary N) is 1. The van der Waals surface area contributed by atoms with Crippen molar-refractivity contribution in [3.8, 4) is 34.1 Å². The third-order valence-corrected chi connectivity index (χ3v) is 5.57. The number of amides is 2. The van der Waals surface area contributed by atoms with Crippen molar-refractivity contribution in [3.63, 3.8) is 0 Å². The van der Waals surface area contributed by atoms with Crippen LogP contribution < -0.4 is 26.3 Å². The van der Waals surface area contributed by atoms with Crippen molar-refractivity contribution in [1.29, 1.82) is 0 Å². The highest BCUT2D eigenvalue weighted by Crippen LogP contribution is 2.49. The van der Waals surface area contributed by atoms with Crippen LogP contribution in [0.1, 0.15) is 38.8 Å². The minimum atomic E-state index is -0.940. The zero-order valence-electron chi connectivity index (χ0n) is 21.2. The SMILES string of the molecule is COc1c(CC=C(C)C)c2c(c3oc(=O)c(-c4ccc(O)cc4)c(O)c13)C=CC(C)(C)O2.NC(=O)NO. The average molecular weight is 511 g/mol. The molecule has 1 aliphatic rings. The zero-order valence-corrected chi connectivity index (χ0v) is 21.2. The van der Waals surface area contributed by atoms with Crippen LogP contribution in [0.3, 0.4) is 0 Å². The number of primary amides is 1. The van der Waals surface area contributed by atoms with Gasteiger partial charge < -0.3 is 29.8 Å². The van der Waals surface area contributed by atoms with E-state index in [9.17, 15) is 19.8 Å². The van der Waals surface area contributed by atoms with Crippen LogP contribution in [0.25, 0.3) is 28.2 Å². The number of hydroxylamine groups is 1. The first-order chi connectivity index (χ1) is 17.4. The molecule has 0 unspecified atom stereocenters. The number of fused-ring (bicyclic) bond motifs is 3. The van der Waals surface area contributed by atoms with Crippen LogP contribution in [0.2, 0.25) is 0 Å². The lowest BCUT2D eigenvalue weighted by molar-refractivity contribution is 0.157. The first-order valence-corrected chi connectivity index (χ1v) is 11.3. The number of hydrogen-bond donors (Lipinski definition) is 5. The normalized spacial score (nSPS) is 13.0. The summed E-state index contributed by atoms with van der Waals surface area (Å²) >= 11 is 0. The highest BCUT2D eigenvalue weighted by molar-refractivity contribution is 6.02. The fourth-order valence-electron chi connectivity index (χ4n) is 3.89. The Kier molecular flexibility index (Phi) is 7.83. The zero-order chi connectivity index (χ0) is 27.5. The maximum Gasteiger partial charge on any atom is 0.348 e. The molecule has 0 saturated heterocycles. The number of benzene rings is 2. The summed E-state index contributed by atoms with van der Waals surface area (Å²) in [6.45, 7) is 7.89. The lowest BCUT2D eigenvalue weighted by atomic mass is 9.93. The van der Waals surface area contributed by atoms with Crippen LogP contribution in [0.15, 0.2) is 51.2 Å². The first-order valence-electron chi connectivity index (χ1n) is 11.3. The molecule has 10 nitrogen and oxygen atoms in total. The van der Waals surface area contributed by atoms with Crippen molar-refractivity contribution >= 4 is 23.1 Å². The van der Waals surface area contributed by atoms with Crippen molar-refractivity contribution in [3.05, 3.63) is 63.5 Å². The highest BCUT2D eigenvalue weighted by Gasteiger charge is 2.32. The Morgan fingerprint density at radius 3 is 2.35 bits per heavy atom. The van der Waals surface area contributed by atoms with E-state index >= 15 is 0 Å². The number of phenols is 1. The molecule has 4 rings (SSSR count). The van der Waals surface area contributed by atoms with Gasteiger partial charge in [-0.15, -0.1) is 0 Å². The van der Waals surface area contributed by atoms with Gasteiger partial charge in [-0.05, 0) is 64.0 Å². The molecule has 1 aromatic heterocycles. The van der Waals surface area contributed by atoms with Gasteiger partial charge in [-0.3, -0.25) is 5.21 Å². The summed E-state index contributed by atoms with van der Waals surface area (Å²) in [5.74, 6) is 0.778. The number of carbonyl (C=O) groups excluding carboxylic acids is 1. The van der Waals surface area contributed by atoms with E-state index in [4.69, 9.17) is 19.1 Å². The Balaban J connectivity index is 0.000000695. The summed E-state index contributed by atoms with van der Waals surface area (Å²) in [6, 6.07) is 5.05. The van der Waals surface area contributed by atoms with Crippen LogP contribution in [0, 0.1) is 0 Å². The third kappa shape index (κ3) is 5.70. The number of urea groups is 1. The van der Waals surface area contributed by atoms with E-state index in [2.05, 4.69) is 11.8 Å². The van der Waals surface area contributed by atoms with Gasteiger partial charge in [0, 0.05) is 5.56 Å². The number of methoxy groups -OCH3 is 1. The van der Waals surface area contributed by atoms with Crippen LogP contribution in [0.5, 0.6) is 23.0 Å². The summed E-state index contributed by atoms with van der Waals surface area (Å²) in [4.78, 5) is 22.2.